The van der Waals surface area contributed by atoms with E-state index in [0.29, 0.717) is 12.6 Å². The van der Waals surface area contributed by atoms with Crippen LogP contribution >= 0.6 is 11.6 Å². The molecule has 0 bridgehead atoms. The average Bonchev–Trinajstić information content (AvgIpc) is 3.28. The second-order valence-corrected chi connectivity index (χ2v) is 8.05. The normalized spacial score (nSPS) is 17.2. The van der Waals surface area contributed by atoms with Crippen LogP contribution in [0, 0.1) is 15.9 Å². The molecule has 2 aliphatic heterocycles. The summed E-state index contributed by atoms with van der Waals surface area (Å²) >= 11 is 5.82. The van der Waals surface area contributed by atoms with E-state index in [1.54, 1.807) is 16.7 Å². The van der Waals surface area contributed by atoms with Gasteiger partial charge in [-0.15, -0.1) is 0 Å². The smallest absolute Gasteiger partial charge is 0.414 e. The van der Waals surface area contributed by atoms with Crippen LogP contribution in [0.25, 0.3) is 11.3 Å². The van der Waals surface area contributed by atoms with Gasteiger partial charge in [0.25, 0.3) is 0 Å². The Hall–Kier alpha value is -3.04. The van der Waals surface area contributed by atoms with Crippen LogP contribution in [-0.4, -0.2) is 44.1 Å². The summed E-state index contributed by atoms with van der Waals surface area (Å²) in [6, 6.07) is 9.14. The van der Waals surface area contributed by atoms with Gasteiger partial charge in [0.15, 0.2) is 0 Å². The molecule has 0 fully saturated rings. The van der Waals surface area contributed by atoms with Crippen LogP contribution in [0.1, 0.15) is 18.2 Å². The van der Waals surface area contributed by atoms with E-state index in [2.05, 4.69) is 28.0 Å². The molecule has 0 radical (unpaired) electrons. The van der Waals surface area contributed by atoms with Crippen molar-refractivity contribution in [2.24, 2.45) is 0 Å². The molecule has 162 valence electrons. The number of ether oxygens (including phenoxy) is 1. The number of hydrogen-bond acceptors (Lipinski definition) is 6. The van der Waals surface area contributed by atoms with Gasteiger partial charge in [0, 0.05) is 35.8 Å². The number of rotatable bonds is 2. The van der Waals surface area contributed by atoms with E-state index in [1.165, 1.54) is 17.8 Å². The summed E-state index contributed by atoms with van der Waals surface area (Å²) in [4.78, 5) is 20.4. The minimum Gasteiger partial charge on any atom is -0.441 e. The van der Waals surface area contributed by atoms with Crippen molar-refractivity contribution >= 4 is 17.4 Å². The van der Waals surface area contributed by atoms with E-state index in [1.807, 2.05) is 13.0 Å². The monoisotopic (exact) mass is 445 g/mol. The third-order valence-corrected chi connectivity index (χ3v) is 5.42. The van der Waals surface area contributed by atoms with Gasteiger partial charge < -0.3 is 19.8 Å². The van der Waals surface area contributed by atoms with Crippen LogP contribution in [0.4, 0.5) is 10.2 Å². The highest BCUT2D eigenvalue weighted by molar-refractivity contribution is 6.31. The number of pyridine rings is 1. The summed E-state index contributed by atoms with van der Waals surface area (Å²) in [6.07, 6.45) is 2.40. The first-order valence-corrected chi connectivity index (χ1v) is 10.2. The lowest BCUT2D eigenvalue weighted by molar-refractivity contribution is -0.389. The predicted octanol–water partition coefficient (Wildman–Crippen LogP) is 4.10. The van der Waals surface area contributed by atoms with Crippen LogP contribution in [-0.2, 0) is 19.5 Å². The molecule has 1 aromatic carbocycles. The van der Waals surface area contributed by atoms with Crippen LogP contribution < -0.4 is 4.74 Å². The molecule has 8 nitrogen and oxygen atoms in total. The summed E-state index contributed by atoms with van der Waals surface area (Å²) in [5, 5.41) is 10.4. The van der Waals surface area contributed by atoms with Crippen molar-refractivity contribution in [1.29, 1.82) is 0 Å². The fourth-order valence-electron chi connectivity index (χ4n) is 3.57. The summed E-state index contributed by atoms with van der Waals surface area (Å²) in [5.74, 6) is -0.554. The average molecular weight is 446 g/mol. The number of likely N-dealkylation sites (N-methyl/N-ethyl adjacent to an activating group) is 1. The molecular formula is C21H21ClFN5O3. The maximum atomic E-state index is 13.2. The van der Waals surface area contributed by atoms with Gasteiger partial charge in [-0.1, -0.05) is 17.7 Å². The molecule has 0 saturated carbocycles. The van der Waals surface area contributed by atoms with E-state index in [0.717, 1.165) is 36.5 Å². The summed E-state index contributed by atoms with van der Waals surface area (Å²) < 4.78 is 20.0. The molecule has 1 atom stereocenters. The lowest BCUT2D eigenvalue weighted by atomic mass is 10.0. The maximum Gasteiger partial charge on any atom is 0.414 e. The topological polar surface area (TPSA) is 86.3 Å². The van der Waals surface area contributed by atoms with Crippen molar-refractivity contribution in [2.45, 2.75) is 32.5 Å². The quantitative estimate of drug-likeness (QED) is 0.436. The number of aromatic nitrogens is 3. The molecule has 0 saturated heterocycles. The number of nitrogens with zero attached hydrogens (tertiary/aromatic N) is 5. The molecule has 3 aromatic rings. The summed E-state index contributed by atoms with van der Waals surface area (Å²) in [7, 11) is 2.11. The van der Waals surface area contributed by atoms with Gasteiger partial charge in [-0.2, -0.15) is 0 Å². The molecule has 10 heteroatoms. The Balaban J connectivity index is 0.000000166. The Morgan fingerprint density at radius 1 is 1.29 bits per heavy atom. The highest BCUT2D eigenvalue weighted by Crippen LogP contribution is 2.26. The van der Waals surface area contributed by atoms with Gasteiger partial charge in [-0.25, -0.2) is 4.39 Å². The zero-order valence-electron chi connectivity index (χ0n) is 17.1. The molecule has 2 aromatic heterocycles. The zero-order chi connectivity index (χ0) is 22.1. The van der Waals surface area contributed by atoms with Gasteiger partial charge in [-0.05, 0) is 48.7 Å². The Kier molecular flexibility index (Phi) is 5.88. The number of imidazole rings is 1. The number of benzene rings is 1. The Labute approximate surface area is 183 Å². The number of halogens is 2. The maximum absolute atomic E-state index is 13.2. The second-order valence-electron chi connectivity index (χ2n) is 7.64. The lowest BCUT2D eigenvalue weighted by Gasteiger charge is -2.24. The second kappa shape index (κ2) is 8.60. The molecule has 4 heterocycles. The SMILES string of the molecule is CC1Cn2cc([N+](=O)[O-])nc2O1.CN1CCc2nc(-c3ccc(F)c(Cl)c3)ccc2C1. The highest BCUT2D eigenvalue weighted by atomic mass is 35.5. The first kappa shape index (κ1) is 21.2. The summed E-state index contributed by atoms with van der Waals surface area (Å²) in [5.41, 5.74) is 4.11. The minimum absolute atomic E-state index is 0.0632. The molecule has 0 amide bonds. The molecule has 0 N–H and O–H groups in total. The van der Waals surface area contributed by atoms with E-state index >= 15 is 0 Å². The number of hydrogen-bond donors (Lipinski definition) is 0. The van der Waals surface area contributed by atoms with E-state index in [-0.39, 0.29) is 16.9 Å². The molecule has 31 heavy (non-hydrogen) atoms. The third kappa shape index (κ3) is 4.67. The lowest BCUT2D eigenvalue weighted by Crippen LogP contribution is -2.27. The third-order valence-electron chi connectivity index (χ3n) is 5.13. The predicted molar refractivity (Wildman–Crippen MR) is 114 cm³/mol. The fraction of sp³-hybridized carbons (Fsp3) is 0.333. The van der Waals surface area contributed by atoms with Crippen LogP contribution in [0.2, 0.25) is 5.02 Å². The Morgan fingerprint density at radius 3 is 2.81 bits per heavy atom. The van der Waals surface area contributed by atoms with Crippen molar-refractivity contribution < 1.29 is 14.1 Å². The fourth-order valence-corrected chi connectivity index (χ4v) is 3.75. The van der Waals surface area contributed by atoms with Crippen molar-refractivity contribution in [1.82, 2.24) is 19.4 Å². The van der Waals surface area contributed by atoms with Crippen molar-refractivity contribution in [3.8, 4) is 17.3 Å². The van der Waals surface area contributed by atoms with Crippen LogP contribution in [0.15, 0.2) is 36.5 Å². The van der Waals surface area contributed by atoms with E-state index in [9.17, 15) is 14.5 Å². The Bertz CT molecular complexity index is 1110. The van der Waals surface area contributed by atoms with Crippen LogP contribution in [0.5, 0.6) is 6.01 Å². The number of fused-ring (bicyclic) bond motifs is 2. The Morgan fingerprint density at radius 2 is 2.10 bits per heavy atom. The molecular weight excluding hydrogens is 425 g/mol. The molecule has 0 aliphatic carbocycles. The van der Waals surface area contributed by atoms with Gasteiger partial charge in [0.05, 0.1) is 17.3 Å². The van der Waals surface area contributed by atoms with Crippen molar-refractivity contribution in [3.05, 3.63) is 68.7 Å². The molecule has 0 spiro atoms. The standard InChI is InChI=1S/C15H14ClFN2.C6H7N3O3/c1-19-7-6-15-11(9-19)3-5-14(18-15)10-2-4-13(17)12(16)8-10;1-4-2-8-3-5(9(10)11)7-6(8)12-4/h2-5,8H,6-7,9H2,1H3;3-4H,2H2,1H3. The molecule has 2 aliphatic rings. The first-order chi connectivity index (χ1) is 14.8. The highest BCUT2D eigenvalue weighted by Gasteiger charge is 2.28. The van der Waals surface area contributed by atoms with Gasteiger partial charge in [-0.3, -0.25) is 9.55 Å². The van der Waals surface area contributed by atoms with Gasteiger partial charge in [0.2, 0.25) is 0 Å². The molecule has 1 unspecified atom stereocenters. The summed E-state index contributed by atoms with van der Waals surface area (Å²) in [6.45, 7) is 4.48. The van der Waals surface area contributed by atoms with E-state index in [4.69, 9.17) is 16.3 Å². The van der Waals surface area contributed by atoms with Crippen molar-refractivity contribution in [3.63, 3.8) is 0 Å². The van der Waals surface area contributed by atoms with E-state index < -0.39 is 10.7 Å². The van der Waals surface area contributed by atoms with Crippen molar-refractivity contribution in [2.75, 3.05) is 13.6 Å². The molecule has 5 rings (SSSR count). The zero-order valence-corrected chi connectivity index (χ0v) is 17.8. The van der Waals surface area contributed by atoms with Gasteiger partial charge >= 0.3 is 11.8 Å². The van der Waals surface area contributed by atoms with Crippen LogP contribution in [0.3, 0.4) is 0 Å². The number of nitro groups is 1. The first-order valence-electron chi connectivity index (χ1n) is 9.81. The minimum atomic E-state index is -0.528. The largest absolute Gasteiger partial charge is 0.441 e. The van der Waals surface area contributed by atoms with Gasteiger partial charge in [0.1, 0.15) is 18.1 Å².